The lowest BCUT2D eigenvalue weighted by Crippen LogP contribution is -2.14. The van der Waals surface area contributed by atoms with Gasteiger partial charge in [-0.1, -0.05) is 0 Å². The lowest BCUT2D eigenvalue weighted by atomic mass is 10.1. The first kappa shape index (κ1) is 20.0. The molecule has 1 N–H and O–H groups in total. The SMILES string of the molecule is Cn1ccnc1COc1ccc(C(=O)Nc2c(-c3ccc(F)cc3)nc3sccn23)cc1. The third kappa shape index (κ3) is 3.85. The van der Waals surface area contributed by atoms with Crippen molar-refractivity contribution in [3.05, 3.63) is 89.7 Å². The van der Waals surface area contributed by atoms with Crippen molar-refractivity contribution in [1.82, 2.24) is 18.9 Å². The van der Waals surface area contributed by atoms with Crippen molar-refractivity contribution < 1.29 is 13.9 Å². The monoisotopic (exact) mass is 447 g/mol. The second kappa shape index (κ2) is 8.27. The summed E-state index contributed by atoms with van der Waals surface area (Å²) in [6.45, 7) is 0.335. The molecule has 9 heteroatoms. The lowest BCUT2D eigenvalue weighted by Gasteiger charge is -2.09. The number of hydrogen-bond acceptors (Lipinski definition) is 5. The molecule has 7 nitrogen and oxygen atoms in total. The summed E-state index contributed by atoms with van der Waals surface area (Å²) >= 11 is 1.45. The largest absolute Gasteiger partial charge is 0.486 e. The van der Waals surface area contributed by atoms with Crippen molar-refractivity contribution in [1.29, 1.82) is 0 Å². The highest BCUT2D eigenvalue weighted by Gasteiger charge is 2.18. The Hall–Kier alpha value is -3.98. The fraction of sp³-hybridized carbons (Fsp3) is 0.0870. The first-order valence-electron chi connectivity index (χ1n) is 9.80. The van der Waals surface area contributed by atoms with Gasteiger partial charge in [0.05, 0.1) is 0 Å². The Morgan fingerprint density at radius 2 is 1.91 bits per heavy atom. The van der Waals surface area contributed by atoms with Gasteiger partial charge in [0.15, 0.2) is 4.96 Å². The number of halogens is 1. The molecule has 0 spiro atoms. The first-order chi connectivity index (χ1) is 15.6. The van der Waals surface area contributed by atoms with E-state index in [4.69, 9.17) is 4.74 Å². The van der Waals surface area contributed by atoms with Gasteiger partial charge in [-0.25, -0.2) is 14.4 Å². The van der Waals surface area contributed by atoms with E-state index < -0.39 is 0 Å². The molecule has 0 aliphatic heterocycles. The Bertz CT molecular complexity index is 1390. The minimum absolute atomic E-state index is 0.281. The fourth-order valence-corrected chi connectivity index (χ4v) is 3.99. The number of aromatic nitrogens is 4. The lowest BCUT2D eigenvalue weighted by molar-refractivity contribution is 0.102. The van der Waals surface area contributed by atoms with E-state index in [1.807, 2.05) is 33.8 Å². The number of rotatable bonds is 6. The number of anilines is 1. The van der Waals surface area contributed by atoms with Gasteiger partial charge < -0.3 is 14.6 Å². The molecule has 0 atom stereocenters. The topological polar surface area (TPSA) is 73.5 Å². The first-order valence-corrected chi connectivity index (χ1v) is 10.7. The number of fused-ring (bicyclic) bond motifs is 1. The number of hydrogen-bond donors (Lipinski definition) is 1. The number of benzene rings is 2. The predicted octanol–water partition coefficient (Wildman–Crippen LogP) is 4.77. The normalized spacial score (nSPS) is 11.1. The second-order valence-electron chi connectivity index (χ2n) is 7.09. The summed E-state index contributed by atoms with van der Waals surface area (Å²) in [6, 6.07) is 12.9. The molecule has 0 bridgehead atoms. The summed E-state index contributed by atoms with van der Waals surface area (Å²) in [5.74, 6) is 1.37. The average Bonchev–Trinajstić information content (AvgIpc) is 3.51. The molecule has 3 heterocycles. The van der Waals surface area contributed by atoms with Crippen LogP contribution >= 0.6 is 11.3 Å². The van der Waals surface area contributed by atoms with Crippen molar-refractivity contribution in [2.24, 2.45) is 7.05 Å². The highest BCUT2D eigenvalue weighted by atomic mass is 32.1. The molecule has 0 saturated heterocycles. The van der Waals surface area contributed by atoms with Crippen LogP contribution in [0.2, 0.25) is 0 Å². The van der Waals surface area contributed by atoms with Crippen molar-refractivity contribution in [2.45, 2.75) is 6.61 Å². The number of imidazole rings is 2. The maximum absolute atomic E-state index is 13.4. The quantitative estimate of drug-likeness (QED) is 0.407. The van der Waals surface area contributed by atoms with Crippen LogP contribution < -0.4 is 10.1 Å². The van der Waals surface area contributed by atoms with Gasteiger partial charge >= 0.3 is 0 Å². The van der Waals surface area contributed by atoms with Crippen LogP contribution in [0, 0.1) is 5.82 Å². The number of aryl methyl sites for hydroxylation is 1. The molecular weight excluding hydrogens is 429 g/mol. The van der Waals surface area contributed by atoms with Gasteiger partial charge in [0.1, 0.15) is 35.5 Å². The molecule has 0 saturated carbocycles. The van der Waals surface area contributed by atoms with Crippen molar-refractivity contribution in [3.63, 3.8) is 0 Å². The van der Waals surface area contributed by atoms with E-state index >= 15 is 0 Å². The van der Waals surface area contributed by atoms with Crippen LogP contribution in [0.5, 0.6) is 5.75 Å². The molecule has 5 rings (SSSR count). The zero-order valence-corrected chi connectivity index (χ0v) is 17.8. The smallest absolute Gasteiger partial charge is 0.256 e. The molecule has 160 valence electrons. The van der Waals surface area contributed by atoms with E-state index in [0.29, 0.717) is 29.4 Å². The molecule has 0 radical (unpaired) electrons. The van der Waals surface area contributed by atoms with E-state index in [2.05, 4.69) is 15.3 Å². The van der Waals surface area contributed by atoms with Crippen LogP contribution in [0.15, 0.2) is 72.5 Å². The number of amides is 1. The summed E-state index contributed by atoms with van der Waals surface area (Å²) in [5, 5.41) is 4.84. The number of nitrogens with one attached hydrogen (secondary N) is 1. The molecule has 0 fully saturated rings. The Morgan fingerprint density at radius 1 is 1.12 bits per heavy atom. The highest BCUT2D eigenvalue weighted by Crippen LogP contribution is 2.31. The third-order valence-corrected chi connectivity index (χ3v) is 5.77. The Morgan fingerprint density at radius 3 is 2.62 bits per heavy atom. The van der Waals surface area contributed by atoms with Crippen molar-refractivity contribution in [2.75, 3.05) is 5.32 Å². The maximum atomic E-state index is 13.4. The van der Waals surface area contributed by atoms with E-state index in [9.17, 15) is 9.18 Å². The van der Waals surface area contributed by atoms with E-state index in [1.165, 1.54) is 23.5 Å². The maximum Gasteiger partial charge on any atom is 0.256 e. The van der Waals surface area contributed by atoms with Crippen LogP contribution in [0.4, 0.5) is 10.2 Å². The van der Waals surface area contributed by atoms with Crippen LogP contribution in [0.1, 0.15) is 16.2 Å². The van der Waals surface area contributed by atoms with Crippen LogP contribution in [-0.2, 0) is 13.7 Å². The number of carbonyl (C=O) groups is 1. The molecule has 5 aromatic rings. The minimum atomic E-state index is -0.328. The third-order valence-electron chi connectivity index (χ3n) is 5.02. The van der Waals surface area contributed by atoms with Crippen molar-refractivity contribution in [3.8, 4) is 17.0 Å². The number of thiazole rings is 1. The molecule has 1 amide bonds. The van der Waals surface area contributed by atoms with Crippen LogP contribution in [0.3, 0.4) is 0 Å². The van der Waals surface area contributed by atoms with Gasteiger partial charge in [-0.2, -0.15) is 0 Å². The molecule has 32 heavy (non-hydrogen) atoms. The standard InChI is InChI=1S/C23H18FN5O2S/c1-28-11-10-25-19(28)14-31-18-8-4-16(5-9-18)22(30)27-21-20(15-2-6-17(24)7-3-15)26-23-29(21)12-13-32-23/h2-13H,14H2,1H3,(H,27,30). The summed E-state index contributed by atoms with van der Waals surface area (Å²) in [6.07, 6.45) is 5.41. The molecular formula is C23H18FN5O2S. The van der Waals surface area contributed by atoms with E-state index in [-0.39, 0.29) is 11.7 Å². The highest BCUT2D eigenvalue weighted by molar-refractivity contribution is 7.15. The number of nitrogens with zero attached hydrogens (tertiary/aromatic N) is 4. The Balaban J connectivity index is 1.35. The molecule has 3 aromatic heterocycles. The van der Waals surface area contributed by atoms with E-state index in [1.54, 1.807) is 42.6 Å². The minimum Gasteiger partial charge on any atom is -0.486 e. The molecule has 0 unspecified atom stereocenters. The number of ether oxygens (including phenoxy) is 1. The van der Waals surface area contributed by atoms with Gasteiger partial charge in [0, 0.05) is 42.1 Å². The summed E-state index contributed by atoms with van der Waals surface area (Å²) in [7, 11) is 1.90. The Kier molecular flexibility index (Phi) is 5.16. The van der Waals surface area contributed by atoms with Gasteiger partial charge in [-0.05, 0) is 48.5 Å². The summed E-state index contributed by atoms with van der Waals surface area (Å²) < 4.78 is 22.8. The summed E-state index contributed by atoms with van der Waals surface area (Å²) in [5.41, 5.74) is 1.78. The molecule has 0 aliphatic carbocycles. The van der Waals surface area contributed by atoms with Gasteiger partial charge in [0.2, 0.25) is 0 Å². The van der Waals surface area contributed by atoms with Crippen LogP contribution in [0.25, 0.3) is 16.2 Å². The van der Waals surface area contributed by atoms with Crippen molar-refractivity contribution >= 4 is 28.0 Å². The van der Waals surface area contributed by atoms with Gasteiger partial charge in [0.25, 0.3) is 5.91 Å². The van der Waals surface area contributed by atoms with Gasteiger partial charge in [-0.3, -0.25) is 9.20 Å². The average molecular weight is 447 g/mol. The fourth-order valence-electron chi connectivity index (χ4n) is 3.28. The number of carbonyl (C=O) groups excluding carboxylic acids is 1. The van der Waals surface area contributed by atoms with E-state index in [0.717, 1.165) is 16.3 Å². The second-order valence-corrected chi connectivity index (χ2v) is 7.97. The summed E-state index contributed by atoms with van der Waals surface area (Å²) in [4.78, 5) is 22.5. The molecule has 2 aromatic carbocycles. The zero-order valence-electron chi connectivity index (χ0n) is 17.0. The van der Waals surface area contributed by atoms with Gasteiger partial charge in [-0.15, -0.1) is 11.3 Å². The predicted molar refractivity (Wildman–Crippen MR) is 120 cm³/mol. The zero-order chi connectivity index (χ0) is 22.1. The van der Waals surface area contributed by atoms with Crippen LogP contribution in [-0.4, -0.2) is 24.8 Å². The Labute approximate surface area is 186 Å². The molecule has 0 aliphatic rings.